The summed E-state index contributed by atoms with van der Waals surface area (Å²) in [4.78, 5) is 12.5. The Balaban J connectivity index is 2.12. The fourth-order valence-electron chi connectivity index (χ4n) is 5.28. The van der Waals surface area contributed by atoms with E-state index in [9.17, 15) is 9.90 Å². The number of aliphatic hydroxyl groups excluding tert-OH is 1. The average molecular weight is 330 g/mol. The van der Waals surface area contributed by atoms with E-state index in [0.29, 0.717) is 12.3 Å². The Morgan fingerprint density at radius 2 is 2.00 bits per heavy atom. The summed E-state index contributed by atoms with van der Waals surface area (Å²) < 4.78 is 5.14. The number of carbonyl (C=O) groups excluding carboxylic acids is 1. The number of hydrogen-bond acceptors (Lipinski definition) is 3. The third-order valence-corrected chi connectivity index (χ3v) is 6.76. The van der Waals surface area contributed by atoms with Crippen molar-refractivity contribution in [1.29, 1.82) is 0 Å². The van der Waals surface area contributed by atoms with Gasteiger partial charge in [0.2, 0.25) is 0 Å². The molecule has 0 heterocycles. The lowest BCUT2D eigenvalue weighted by Gasteiger charge is -2.55. The molecule has 3 nitrogen and oxygen atoms in total. The van der Waals surface area contributed by atoms with Crippen LogP contribution in [-0.4, -0.2) is 18.2 Å². The van der Waals surface area contributed by atoms with Gasteiger partial charge in [0.05, 0.1) is 18.6 Å². The number of benzene rings is 1. The van der Waals surface area contributed by atoms with Gasteiger partial charge in [0, 0.05) is 0 Å². The van der Waals surface area contributed by atoms with Gasteiger partial charge in [-0.3, -0.25) is 4.79 Å². The predicted octanol–water partition coefficient (Wildman–Crippen LogP) is 4.48. The zero-order chi connectivity index (χ0) is 17.7. The molecule has 3 rings (SSSR count). The lowest BCUT2D eigenvalue weighted by Crippen LogP contribution is -2.53. The topological polar surface area (TPSA) is 46.5 Å². The van der Waals surface area contributed by atoms with Crippen molar-refractivity contribution in [3.63, 3.8) is 0 Å². The first-order valence-electron chi connectivity index (χ1n) is 9.15. The van der Waals surface area contributed by atoms with Crippen molar-refractivity contribution in [3.8, 4) is 0 Å². The van der Waals surface area contributed by atoms with Gasteiger partial charge in [0.1, 0.15) is 0 Å². The fourth-order valence-corrected chi connectivity index (χ4v) is 5.28. The Hall–Kier alpha value is -1.35. The average Bonchev–Trinajstić information content (AvgIpc) is 2.56. The molecular formula is C21H30O3. The summed E-state index contributed by atoms with van der Waals surface area (Å²) in [5.41, 5.74) is 2.96. The van der Waals surface area contributed by atoms with E-state index in [1.54, 1.807) is 0 Å². The van der Waals surface area contributed by atoms with Crippen LogP contribution in [0.4, 0.5) is 0 Å². The van der Waals surface area contributed by atoms with E-state index in [1.807, 2.05) is 6.92 Å². The molecule has 0 unspecified atom stereocenters. The van der Waals surface area contributed by atoms with Crippen molar-refractivity contribution in [3.05, 3.63) is 34.9 Å². The molecule has 1 aromatic carbocycles. The summed E-state index contributed by atoms with van der Waals surface area (Å²) in [5, 5.41) is 10.9. The van der Waals surface area contributed by atoms with Crippen LogP contribution in [0.3, 0.4) is 0 Å². The summed E-state index contributed by atoms with van der Waals surface area (Å²) in [6.07, 6.45) is 3.05. The van der Waals surface area contributed by atoms with Crippen molar-refractivity contribution in [2.24, 2.45) is 11.3 Å². The first-order valence-corrected chi connectivity index (χ1v) is 9.15. The zero-order valence-electron chi connectivity index (χ0n) is 15.6. The number of aliphatic hydroxyl groups is 1. The zero-order valence-corrected chi connectivity index (χ0v) is 15.6. The Bertz CT molecular complexity index is 650. The molecule has 2 aliphatic rings. The second-order valence-electron chi connectivity index (χ2n) is 8.49. The molecule has 1 saturated carbocycles. The molecule has 2 aliphatic carbocycles. The number of rotatable bonds is 2. The summed E-state index contributed by atoms with van der Waals surface area (Å²) in [6, 6.07) is 6.56. The summed E-state index contributed by atoms with van der Waals surface area (Å²) in [7, 11) is 1.47. The van der Waals surface area contributed by atoms with Crippen LogP contribution in [0.1, 0.15) is 82.1 Å². The van der Waals surface area contributed by atoms with Crippen molar-refractivity contribution >= 4 is 5.97 Å². The van der Waals surface area contributed by atoms with Gasteiger partial charge < -0.3 is 9.84 Å². The lowest BCUT2D eigenvalue weighted by molar-refractivity contribution is -0.162. The smallest absolute Gasteiger partial charge is 0.311 e. The molecule has 0 saturated heterocycles. The second kappa shape index (κ2) is 5.87. The third-order valence-electron chi connectivity index (χ3n) is 6.76. The van der Waals surface area contributed by atoms with Gasteiger partial charge in [-0.1, -0.05) is 45.4 Å². The van der Waals surface area contributed by atoms with E-state index in [1.165, 1.54) is 18.2 Å². The van der Waals surface area contributed by atoms with Gasteiger partial charge in [-0.05, 0) is 60.1 Å². The third kappa shape index (κ3) is 2.40. The van der Waals surface area contributed by atoms with E-state index >= 15 is 0 Å². The van der Waals surface area contributed by atoms with Gasteiger partial charge >= 0.3 is 5.97 Å². The van der Waals surface area contributed by atoms with Gasteiger partial charge in [-0.2, -0.15) is 0 Å². The van der Waals surface area contributed by atoms with E-state index in [4.69, 9.17) is 4.74 Å². The molecule has 1 aromatic rings. The SMILES string of the molecule is COC(=O)[C@]1(C)CCC[C@@]2(C)c3ccc(C(C)C)cc3[C@H](O)C[C@H]12. The molecule has 0 bridgehead atoms. The van der Waals surface area contributed by atoms with E-state index in [-0.39, 0.29) is 17.3 Å². The highest BCUT2D eigenvalue weighted by atomic mass is 16.5. The maximum atomic E-state index is 12.5. The van der Waals surface area contributed by atoms with Crippen molar-refractivity contribution in [1.82, 2.24) is 0 Å². The van der Waals surface area contributed by atoms with Crippen LogP contribution in [0.5, 0.6) is 0 Å². The Labute approximate surface area is 145 Å². The van der Waals surface area contributed by atoms with Crippen LogP contribution in [0.25, 0.3) is 0 Å². The Kier molecular flexibility index (Phi) is 4.28. The maximum Gasteiger partial charge on any atom is 0.311 e. The molecule has 132 valence electrons. The fraction of sp³-hybridized carbons (Fsp3) is 0.667. The maximum absolute atomic E-state index is 12.5. The first-order chi connectivity index (χ1) is 11.2. The number of hydrogen-bond donors (Lipinski definition) is 1. The molecule has 24 heavy (non-hydrogen) atoms. The largest absolute Gasteiger partial charge is 0.469 e. The molecule has 3 heteroatoms. The second-order valence-corrected chi connectivity index (χ2v) is 8.49. The van der Waals surface area contributed by atoms with Gasteiger partial charge in [0.15, 0.2) is 0 Å². The lowest BCUT2D eigenvalue weighted by atomic mass is 9.49. The van der Waals surface area contributed by atoms with E-state index in [2.05, 4.69) is 39.0 Å². The van der Waals surface area contributed by atoms with E-state index < -0.39 is 11.5 Å². The first kappa shape index (κ1) is 17.5. The molecule has 0 aliphatic heterocycles. The molecule has 0 aromatic heterocycles. The van der Waals surface area contributed by atoms with Crippen molar-refractivity contribution in [2.45, 2.75) is 70.8 Å². The molecule has 4 atom stereocenters. The van der Waals surface area contributed by atoms with E-state index in [0.717, 1.165) is 24.8 Å². The molecular weight excluding hydrogens is 300 g/mol. The van der Waals surface area contributed by atoms with Crippen LogP contribution >= 0.6 is 0 Å². The number of carbonyl (C=O) groups is 1. The van der Waals surface area contributed by atoms with Crippen LogP contribution in [0, 0.1) is 11.3 Å². The minimum absolute atomic E-state index is 0.0781. The Morgan fingerprint density at radius 3 is 2.62 bits per heavy atom. The molecule has 1 fully saturated rings. The number of ether oxygens (including phenoxy) is 1. The normalized spacial score (nSPS) is 35.3. The predicted molar refractivity (Wildman–Crippen MR) is 94.9 cm³/mol. The quantitative estimate of drug-likeness (QED) is 0.813. The van der Waals surface area contributed by atoms with Gasteiger partial charge in [-0.15, -0.1) is 0 Å². The highest BCUT2D eigenvalue weighted by molar-refractivity contribution is 5.77. The highest BCUT2D eigenvalue weighted by Crippen LogP contribution is 2.59. The highest BCUT2D eigenvalue weighted by Gasteiger charge is 2.57. The van der Waals surface area contributed by atoms with Crippen molar-refractivity contribution < 1.29 is 14.6 Å². The number of fused-ring (bicyclic) bond motifs is 3. The summed E-state index contributed by atoms with van der Waals surface area (Å²) >= 11 is 0. The van der Waals surface area contributed by atoms with Gasteiger partial charge in [-0.25, -0.2) is 0 Å². The molecule has 0 spiro atoms. The standard InChI is InChI=1S/C21H30O3/c1-13(2)14-7-8-16-15(11-14)17(22)12-18-20(16,3)9-6-10-21(18,4)19(23)24-5/h7-8,11,13,17-18,22H,6,9-10,12H2,1-5H3/t17-,18+,20+,21-/m1/s1. The van der Waals surface area contributed by atoms with Crippen LogP contribution in [0.15, 0.2) is 18.2 Å². The molecule has 0 amide bonds. The van der Waals surface area contributed by atoms with Crippen molar-refractivity contribution in [2.75, 3.05) is 7.11 Å². The molecule has 1 N–H and O–H groups in total. The summed E-state index contributed by atoms with van der Waals surface area (Å²) in [5.74, 6) is 0.422. The minimum Gasteiger partial charge on any atom is -0.469 e. The van der Waals surface area contributed by atoms with Gasteiger partial charge in [0.25, 0.3) is 0 Å². The van der Waals surface area contributed by atoms with Crippen LogP contribution < -0.4 is 0 Å². The van der Waals surface area contributed by atoms with Crippen LogP contribution in [0.2, 0.25) is 0 Å². The van der Waals surface area contributed by atoms with Crippen LogP contribution in [-0.2, 0) is 14.9 Å². The molecule has 0 radical (unpaired) electrons. The monoisotopic (exact) mass is 330 g/mol. The minimum atomic E-state index is -0.517. The summed E-state index contributed by atoms with van der Waals surface area (Å²) in [6.45, 7) is 8.66. The number of esters is 1. The number of methoxy groups -OCH3 is 1. The Morgan fingerprint density at radius 1 is 1.29 bits per heavy atom.